The molecule has 2 aliphatic rings. The van der Waals surface area contributed by atoms with Crippen LogP contribution in [-0.2, 0) is 11.3 Å². The van der Waals surface area contributed by atoms with Crippen LogP contribution in [0.3, 0.4) is 0 Å². The molecule has 2 aromatic rings. The van der Waals surface area contributed by atoms with E-state index in [0.29, 0.717) is 5.75 Å². The molecule has 3 heterocycles. The Bertz CT molecular complexity index is 883. The standard InChI is InChI=1S/C23H32N4O2S/c1-16-8-10-26(11-9-16)22-24-25-23(27(22)14-19-5-4-12-29-19)30-15-21(28)20-7-6-17(2)13-18(20)3/h6-7,13,16,19H,4-5,8-12,14-15H2,1-3H3. The predicted molar refractivity (Wildman–Crippen MR) is 121 cm³/mol. The monoisotopic (exact) mass is 428 g/mol. The number of ketones is 1. The summed E-state index contributed by atoms with van der Waals surface area (Å²) in [6, 6.07) is 6.00. The van der Waals surface area contributed by atoms with Gasteiger partial charge >= 0.3 is 0 Å². The average molecular weight is 429 g/mol. The molecule has 6 nitrogen and oxygen atoms in total. The Morgan fingerprint density at radius 2 is 2.00 bits per heavy atom. The van der Waals surface area contributed by atoms with Crippen LogP contribution in [0.4, 0.5) is 5.95 Å². The van der Waals surface area contributed by atoms with Gasteiger partial charge in [-0.1, -0.05) is 42.4 Å². The van der Waals surface area contributed by atoms with Crippen molar-refractivity contribution in [2.75, 3.05) is 30.3 Å². The fourth-order valence-corrected chi connectivity index (χ4v) is 5.14. The van der Waals surface area contributed by atoms with Gasteiger partial charge in [0.2, 0.25) is 5.95 Å². The third-order valence-corrected chi connectivity index (χ3v) is 7.16. The molecule has 7 heteroatoms. The molecule has 2 saturated heterocycles. The van der Waals surface area contributed by atoms with Crippen molar-refractivity contribution in [2.45, 2.75) is 64.3 Å². The van der Waals surface area contributed by atoms with Gasteiger partial charge in [-0.3, -0.25) is 9.36 Å². The van der Waals surface area contributed by atoms with Crippen LogP contribution in [-0.4, -0.2) is 52.1 Å². The van der Waals surface area contributed by atoms with Crippen LogP contribution in [0, 0.1) is 19.8 Å². The zero-order chi connectivity index (χ0) is 21.1. The summed E-state index contributed by atoms with van der Waals surface area (Å²) in [6.07, 6.45) is 4.75. The van der Waals surface area contributed by atoms with Gasteiger partial charge < -0.3 is 9.64 Å². The van der Waals surface area contributed by atoms with E-state index < -0.39 is 0 Å². The molecule has 0 aliphatic carbocycles. The van der Waals surface area contributed by atoms with Crippen LogP contribution < -0.4 is 4.90 Å². The first kappa shape index (κ1) is 21.4. The molecule has 1 aromatic heterocycles. The number of aryl methyl sites for hydroxylation is 2. The highest BCUT2D eigenvalue weighted by Gasteiger charge is 2.26. The van der Waals surface area contributed by atoms with Gasteiger partial charge in [0.15, 0.2) is 10.9 Å². The van der Waals surface area contributed by atoms with Crippen molar-refractivity contribution in [1.29, 1.82) is 0 Å². The third-order valence-electron chi connectivity index (χ3n) is 6.19. The molecule has 2 fully saturated rings. The fraction of sp³-hybridized carbons (Fsp3) is 0.609. The minimum Gasteiger partial charge on any atom is -0.376 e. The van der Waals surface area contributed by atoms with E-state index in [1.165, 1.54) is 30.2 Å². The van der Waals surface area contributed by atoms with Crippen molar-refractivity contribution in [2.24, 2.45) is 5.92 Å². The normalized spacial score (nSPS) is 20.1. The third kappa shape index (κ3) is 4.89. The van der Waals surface area contributed by atoms with Crippen LogP contribution >= 0.6 is 11.8 Å². The first-order valence-corrected chi connectivity index (χ1v) is 12.0. The van der Waals surface area contributed by atoms with Gasteiger partial charge in [-0.25, -0.2) is 0 Å². The second-order valence-corrected chi connectivity index (χ2v) is 9.67. The summed E-state index contributed by atoms with van der Waals surface area (Å²) in [5.74, 6) is 2.20. The molecular weight excluding hydrogens is 396 g/mol. The van der Waals surface area contributed by atoms with Crippen LogP contribution in [0.25, 0.3) is 0 Å². The summed E-state index contributed by atoms with van der Waals surface area (Å²) >= 11 is 1.49. The van der Waals surface area contributed by atoms with Crippen molar-refractivity contribution in [3.63, 3.8) is 0 Å². The Hall–Kier alpha value is -1.86. The lowest BCUT2D eigenvalue weighted by Crippen LogP contribution is -2.35. The minimum atomic E-state index is 0.137. The molecular formula is C23H32N4O2S. The lowest BCUT2D eigenvalue weighted by molar-refractivity contribution is 0.0951. The molecule has 0 bridgehead atoms. The van der Waals surface area contributed by atoms with Crippen molar-refractivity contribution in [3.8, 4) is 0 Å². The van der Waals surface area contributed by atoms with Crippen LogP contribution in [0.2, 0.25) is 0 Å². The number of thioether (sulfide) groups is 1. The molecule has 162 valence electrons. The molecule has 30 heavy (non-hydrogen) atoms. The molecule has 2 aliphatic heterocycles. The number of ether oxygens (including phenoxy) is 1. The van der Waals surface area contributed by atoms with E-state index in [2.05, 4.69) is 32.7 Å². The first-order valence-electron chi connectivity index (χ1n) is 11.0. The molecule has 1 unspecified atom stereocenters. The molecule has 0 amide bonds. The number of hydrogen-bond donors (Lipinski definition) is 0. The van der Waals surface area contributed by atoms with Gasteiger partial charge in [0.25, 0.3) is 0 Å². The summed E-state index contributed by atoms with van der Waals surface area (Å²) < 4.78 is 8.08. The molecule has 0 saturated carbocycles. The Labute approximate surface area is 183 Å². The molecule has 4 rings (SSSR count). The van der Waals surface area contributed by atoms with E-state index in [4.69, 9.17) is 4.74 Å². The second-order valence-electron chi connectivity index (χ2n) is 8.73. The number of benzene rings is 1. The molecule has 0 radical (unpaired) electrons. The topological polar surface area (TPSA) is 60.2 Å². The number of hydrogen-bond acceptors (Lipinski definition) is 6. The number of carbonyl (C=O) groups excluding carboxylic acids is 1. The van der Waals surface area contributed by atoms with Gasteiger partial charge in [0, 0.05) is 25.3 Å². The highest BCUT2D eigenvalue weighted by molar-refractivity contribution is 7.99. The van der Waals surface area contributed by atoms with Gasteiger partial charge in [-0.15, -0.1) is 10.2 Å². The number of rotatable bonds is 7. The Morgan fingerprint density at radius 3 is 2.70 bits per heavy atom. The molecule has 0 spiro atoms. The Morgan fingerprint density at radius 1 is 1.20 bits per heavy atom. The number of piperidine rings is 1. The van der Waals surface area contributed by atoms with Gasteiger partial charge in [-0.2, -0.15) is 0 Å². The molecule has 1 aromatic carbocycles. The quantitative estimate of drug-likeness (QED) is 0.484. The van der Waals surface area contributed by atoms with Gasteiger partial charge in [0.1, 0.15) is 0 Å². The maximum Gasteiger partial charge on any atom is 0.228 e. The molecule has 1 atom stereocenters. The van der Waals surface area contributed by atoms with E-state index in [1.54, 1.807) is 0 Å². The number of aromatic nitrogens is 3. The zero-order valence-corrected chi connectivity index (χ0v) is 19.1. The number of nitrogens with zero attached hydrogens (tertiary/aromatic N) is 4. The summed E-state index contributed by atoms with van der Waals surface area (Å²) in [5, 5.41) is 9.84. The second kappa shape index (κ2) is 9.52. The lowest BCUT2D eigenvalue weighted by Gasteiger charge is -2.31. The summed E-state index contributed by atoms with van der Waals surface area (Å²) in [5.41, 5.74) is 3.00. The summed E-state index contributed by atoms with van der Waals surface area (Å²) in [6.45, 7) is 9.97. The maximum absolute atomic E-state index is 12.8. The smallest absolute Gasteiger partial charge is 0.228 e. The van der Waals surface area contributed by atoms with Crippen molar-refractivity contribution in [1.82, 2.24) is 14.8 Å². The Kier molecular flexibility index (Phi) is 6.78. The first-order chi connectivity index (χ1) is 14.5. The molecule has 0 N–H and O–H groups in total. The largest absolute Gasteiger partial charge is 0.376 e. The summed E-state index contributed by atoms with van der Waals surface area (Å²) in [7, 11) is 0. The van der Waals surface area contributed by atoms with E-state index in [9.17, 15) is 4.79 Å². The number of anilines is 1. The zero-order valence-electron chi connectivity index (χ0n) is 18.3. The van der Waals surface area contributed by atoms with E-state index in [0.717, 1.165) is 67.2 Å². The Balaban J connectivity index is 1.50. The van der Waals surface area contributed by atoms with Crippen molar-refractivity contribution in [3.05, 3.63) is 34.9 Å². The van der Waals surface area contributed by atoms with Gasteiger partial charge in [0.05, 0.1) is 18.4 Å². The highest BCUT2D eigenvalue weighted by atomic mass is 32.2. The fourth-order valence-electron chi connectivity index (χ4n) is 4.32. The van der Waals surface area contributed by atoms with Crippen molar-refractivity contribution < 1.29 is 9.53 Å². The summed E-state index contributed by atoms with van der Waals surface area (Å²) in [4.78, 5) is 15.2. The minimum absolute atomic E-state index is 0.137. The SMILES string of the molecule is Cc1ccc(C(=O)CSc2nnc(N3CCC(C)CC3)n2CC2CCCO2)c(C)c1. The van der Waals surface area contributed by atoms with Crippen LogP contribution in [0.5, 0.6) is 0 Å². The predicted octanol–water partition coefficient (Wildman–Crippen LogP) is 4.29. The average Bonchev–Trinajstić information content (AvgIpc) is 3.37. The van der Waals surface area contributed by atoms with Crippen LogP contribution in [0.1, 0.15) is 54.1 Å². The van der Waals surface area contributed by atoms with Crippen molar-refractivity contribution >= 4 is 23.5 Å². The highest BCUT2D eigenvalue weighted by Crippen LogP contribution is 2.28. The number of carbonyl (C=O) groups is 1. The number of Topliss-reactive ketones (excluding diaryl/α,β-unsaturated/α-hetero) is 1. The maximum atomic E-state index is 12.8. The lowest BCUT2D eigenvalue weighted by atomic mass is 10.00. The van der Waals surface area contributed by atoms with E-state index in [-0.39, 0.29) is 11.9 Å². The van der Waals surface area contributed by atoms with Gasteiger partial charge in [-0.05, 0) is 51.0 Å². The van der Waals surface area contributed by atoms with Crippen LogP contribution in [0.15, 0.2) is 23.4 Å². The van der Waals surface area contributed by atoms with E-state index >= 15 is 0 Å². The van der Waals surface area contributed by atoms with E-state index in [1.807, 2.05) is 26.0 Å².